The lowest BCUT2D eigenvalue weighted by Gasteiger charge is -2.16. The van der Waals surface area contributed by atoms with Gasteiger partial charge in [-0.1, -0.05) is 149 Å². The van der Waals surface area contributed by atoms with Gasteiger partial charge in [-0.2, -0.15) is 0 Å². The van der Waals surface area contributed by atoms with Crippen molar-refractivity contribution in [3.63, 3.8) is 0 Å². The second-order valence-corrected chi connectivity index (χ2v) is 15.3. The van der Waals surface area contributed by atoms with Crippen molar-refractivity contribution in [3.8, 4) is 47.4 Å². The number of ether oxygens (including phenoxy) is 2. The van der Waals surface area contributed by atoms with Crippen molar-refractivity contribution in [2.75, 3.05) is 18.5 Å². The van der Waals surface area contributed by atoms with Crippen LogP contribution in [0.5, 0.6) is 11.5 Å². The van der Waals surface area contributed by atoms with Gasteiger partial charge in [0.2, 0.25) is 4.77 Å². The van der Waals surface area contributed by atoms with Gasteiger partial charge in [-0.3, -0.25) is 4.79 Å². The largest absolute Gasteiger partial charge is 0.481 e. The minimum Gasteiger partial charge on any atom is -0.481 e. The second-order valence-electron chi connectivity index (χ2n) is 14.9. The molecule has 7 aromatic rings. The highest BCUT2D eigenvalue weighted by Gasteiger charge is 2.17. The van der Waals surface area contributed by atoms with E-state index in [9.17, 15) is 4.79 Å². The predicted molar refractivity (Wildman–Crippen MR) is 248 cm³/mol. The molecule has 7 rings (SSSR count). The Bertz CT molecular complexity index is 2670. The first kappa shape index (κ1) is 42.7. The molecule has 0 saturated heterocycles. The van der Waals surface area contributed by atoms with E-state index >= 15 is 0 Å². The highest BCUT2D eigenvalue weighted by Crippen LogP contribution is 2.32. The monoisotopic (exact) mass is 807 g/mol. The van der Waals surface area contributed by atoms with Crippen LogP contribution in [-0.4, -0.2) is 28.5 Å². The summed E-state index contributed by atoms with van der Waals surface area (Å²) in [4.78, 5) is 18.1. The molecule has 0 saturated carbocycles. The first-order chi connectivity index (χ1) is 29.1. The van der Waals surface area contributed by atoms with Crippen LogP contribution in [0.15, 0.2) is 146 Å². The van der Waals surface area contributed by atoms with Crippen molar-refractivity contribution in [3.05, 3.63) is 184 Å². The standard InChI is InChI=1S/C27H24N2OS.C26H25NO2/c1-4-16-30-23-14-15-25-24(17-23)26(22-12-10-21(11-13-22)19(2)3)28-27(31)29(25)18-20-8-6-5-7-9-20;1-4-16-29-23-14-15-25(27-18-20-8-6-5-7-9-20)24(17-23)26(28)22-12-10-21(11-13-22)19(2)3/h1,5-15,17,19H,16,18H2,2-3H3;1,5-15,17,19,27H,16,18H2,2-3H3. The van der Waals surface area contributed by atoms with Gasteiger partial charge >= 0.3 is 0 Å². The molecule has 1 N–H and O–H groups in total. The van der Waals surface area contributed by atoms with Crippen LogP contribution in [0.3, 0.4) is 0 Å². The maximum Gasteiger partial charge on any atom is 0.200 e. The summed E-state index contributed by atoms with van der Waals surface area (Å²) in [5.74, 6) is 7.11. The third kappa shape index (κ3) is 11.0. The minimum atomic E-state index is -0.0537. The number of carbonyl (C=O) groups is 1. The Balaban J connectivity index is 0.000000202. The molecule has 0 atom stereocenters. The zero-order valence-electron chi connectivity index (χ0n) is 34.5. The fourth-order valence-corrected chi connectivity index (χ4v) is 6.94. The lowest BCUT2D eigenvalue weighted by Crippen LogP contribution is -2.09. The van der Waals surface area contributed by atoms with Crippen molar-refractivity contribution in [2.45, 2.75) is 52.6 Å². The van der Waals surface area contributed by atoms with E-state index in [0.717, 1.165) is 39.2 Å². The SMILES string of the molecule is C#CCOc1ccc(NCc2ccccc2)c(C(=O)c2ccc(C(C)C)cc2)c1.C#CCOc1ccc2c(c1)c(-c1ccc(C(C)C)cc1)nc(=S)n2Cc1ccccc1. The van der Waals surface area contributed by atoms with E-state index < -0.39 is 0 Å². The van der Waals surface area contributed by atoms with Crippen LogP contribution in [0.25, 0.3) is 22.2 Å². The number of hydrogen-bond acceptors (Lipinski definition) is 6. The number of hydrogen-bond donors (Lipinski definition) is 1. The van der Waals surface area contributed by atoms with E-state index in [4.69, 9.17) is 39.5 Å². The highest BCUT2D eigenvalue weighted by molar-refractivity contribution is 7.71. The predicted octanol–water partition coefficient (Wildman–Crippen LogP) is 12.3. The Morgan fingerprint density at radius 1 is 0.700 bits per heavy atom. The van der Waals surface area contributed by atoms with Crippen molar-refractivity contribution < 1.29 is 14.3 Å². The number of anilines is 1. The molecule has 0 bridgehead atoms. The second kappa shape index (κ2) is 20.7. The van der Waals surface area contributed by atoms with Gasteiger partial charge in [-0.25, -0.2) is 4.98 Å². The smallest absolute Gasteiger partial charge is 0.200 e. The van der Waals surface area contributed by atoms with E-state index in [1.807, 2.05) is 103 Å². The summed E-state index contributed by atoms with van der Waals surface area (Å²) in [7, 11) is 0. The topological polar surface area (TPSA) is 65.4 Å². The summed E-state index contributed by atoms with van der Waals surface area (Å²) in [6.07, 6.45) is 10.7. The molecule has 0 spiro atoms. The fourth-order valence-electron chi connectivity index (χ4n) is 6.69. The van der Waals surface area contributed by atoms with Gasteiger partial charge < -0.3 is 19.4 Å². The molecule has 1 aromatic heterocycles. The first-order valence-electron chi connectivity index (χ1n) is 20.0. The van der Waals surface area contributed by atoms with Gasteiger partial charge in [0, 0.05) is 34.3 Å². The number of ketones is 1. The number of nitrogens with zero attached hydrogens (tertiary/aromatic N) is 2. The maximum atomic E-state index is 13.2. The number of aromatic nitrogens is 2. The van der Waals surface area contributed by atoms with Gasteiger partial charge in [0.05, 0.1) is 17.8 Å². The van der Waals surface area contributed by atoms with Crippen molar-refractivity contribution in [1.29, 1.82) is 0 Å². The van der Waals surface area contributed by atoms with Crippen LogP contribution in [-0.2, 0) is 13.1 Å². The van der Waals surface area contributed by atoms with Gasteiger partial charge in [0.15, 0.2) is 5.78 Å². The van der Waals surface area contributed by atoms with E-state index in [-0.39, 0.29) is 19.0 Å². The lowest BCUT2D eigenvalue weighted by molar-refractivity contribution is 0.103. The molecule has 60 heavy (non-hydrogen) atoms. The van der Waals surface area contributed by atoms with E-state index in [1.165, 1.54) is 16.7 Å². The van der Waals surface area contributed by atoms with Crippen LogP contribution >= 0.6 is 12.2 Å². The minimum absolute atomic E-state index is 0.0537. The molecule has 0 aliphatic carbocycles. The molecule has 300 valence electrons. The fraction of sp³-hybridized carbons (Fsp3) is 0.189. The molecule has 7 heteroatoms. The Morgan fingerprint density at radius 2 is 1.25 bits per heavy atom. The van der Waals surface area contributed by atoms with E-state index in [2.05, 4.69) is 85.8 Å². The molecule has 6 nitrogen and oxygen atoms in total. The number of fused-ring (bicyclic) bond motifs is 1. The van der Waals surface area contributed by atoms with Crippen molar-refractivity contribution in [2.24, 2.45) is 0 Å². The van der Waals surface area contributed by atoms with Crippen molar-refractivity contribution >= 4 is 34.6 Å². The number of terminal acetylenes is 2. The third-order valence-corrected chi connectivity index (χ3v) is 10.3. The molecule has 0 amide bonds. The molecule has 0 fully saturated rings. The van der Waals surface area contributed by atoms with Gasteiger partial charge in [-0.05, 0) is 82.7 Å². The number of nitrogens with one attached hydrogen (secondary N) is 1. The van der Waals surface area contributed by atoms with Crippen LogP contribution in [0.4, 0.5) is 5.69 Å². The summed E-state index contributed by atoms with van der Waals surface area (Å²) >= 11 is 5.73. The molecule has 6 aromatic carbocycles. The number of benzene rings is 6. The number of carbonyl (C=O) groups excluding carboxylic acids is 1. The normalized spacial score (nSPS) is 10.7. The quantitative estimate of drug-likeness (QED) is 0.0671. The average Bonchev–Trinajstić information content (AvgIpc) is 3.28. The molecular weight excluding hydrogens is 759 g/mol. The van der Waals surface area contributed by atoms with Crippen molar-refractivity contribution in [1.82, 2.24) is 9.55 Å². The zero-order valence-corrected chi connectivity index (χ0v) is 35.3. The third-order valence-electron chi connectivity index (χ3n) is 10.0. The van der Waals surface area contributed by atoms with Gasteiger partial charge in [0.1, 0.15) is 24.7 Å². The van der Waals surface area contributed by atoms with Gasteiger partial charge in [-0.15, -0.1) is 12.8 Å². The maximum absolute atomic E-state index is 13.2. The molecule has 0 aliphatic rings. The molecule has 0 radical (unpaired) electrons. The number of rotatable bonds is 14. The Hall–Kier alpha value is -6.93. The molecule has 1 heterocycles. The molecule has 0 unspecified atom stereocenters. The van der Waals surface area contributed by atoms with E-state index in [1.54, 1.807) is 6.07 Å². The lowest BCUT2D eigenvalue weighted by atomic mass is 9.97. The summed E-state index contributed by atoms with van der Waals surface area (Å²) in [5.41, 5.74) is 9.67. The average molecular weight is 808 g/mol. The Labute approximate surface area is 359 Å². The summed E-state index contributed by atoms with van der Waals surface area (Å²) in [5, 5.41) is 4.36. The summed E-state index contributed by atoms with van der Waals surface area (Å²) in [6, 6.07) is 48.1. The van der Waals surface area contributed by atoms with E-state index in [0.29, 0.717) is 46.6 Å². The Morgan fingerprint density at radius 3 is 1.83 bits per heavy atom. The van der Waals surface area contributed by atoms with Crippen LogP contribution in [0, 0.1) is 29.5 Å². The van der Waals surface area contributed by atoms with Crippen LogP contribution < -0.4 is 14.8 Å². The Kier molecular flexibility index (Phi) is 14.7. The van der Waals surface area contributed by atoms with Crippen LogP contribution in [0.1, 0.15) is 77.7 Å². The van der Waals surface area contributed by atoms with Gasteiger partial charge in [0.25, 0.3) is 0 Å². The summed E-state index contributed by atoms with van der Waals surface area (Å²) in [6.45, 7) is 10.3. The zero-order chi connectivity index (χ0) is 42.4. The first-order valence-corrected chi connectivity index (χ1v) is 20.4. The molecule has 0 aliphatic heterocycles. The van der Waals surface area contributed by atoms with Crippen LogP contribution in [0.2, 0.25) is 0 Å². The highest BCUT2D eigenvalue weighted by atomic mass is 32.1. The summed E-state index contributed by atoms with van der Waals surface area (Å²) < 4.78 is 13.8. The molecular formula is C53H49N3O3S.